The molecule has 6 nitrogen and oxygen atoms in total. The molecule has 0 heterocycles. The van der Waals surface area contributed by atoms with Crippen LogP contribution in [0.15, 0.2) is 36.4 Å². The van der Waals surface area contributed by atoms with Gasteiger partial charge in [0, 0.05) is 12.7 Å². The molecule has 6 heteroatoms. The minimum Gasteiger partial charge on any atom is -0.452 e. The number of carbonyl (C=O) groups excluding carboxylic acids is 3. The van der Waals surface area contributed by atoms with E-state index in [0.717, 1.165) is 36.1 Å². The Morgan fingerprint density at radius 3 is 2.37 bits per heavy atom. The highest BCUT2D eigenvalue weighted by atomic mass is 16.5. The number of carbonyl (C=O) groups is 3. The van der Waals surface area contributed by atoms with Crippen LogP contribution in [0.4, 0.5) is 5.69 Å². The Labute approximate surface area is 177 Å². The fourth-order valence-corrected chi connectivity index (χ4v) is 3.68. The third-order valence-corrected chi connectivity index (χ3v) is 5.46. The van der Waals surface area contributed by atoms with Gasteiger partial charge in [-0.05, 0) is 73.9 Å². The Morgan fingerprint density at radius 2 is 1.67 bits per heavy atom. The number of nitrogens with one attached hydrogen (secondary N) is 1. The van der Waals surface area contributed by atoms with Crippen molar-refractivity contribution in [3.63, 3.8) is 0 Å². The zero-order valence-corrected chi connectivity index (χ0v) is 17.8. The minimum absolute atomic E-state index is 0.122. The first kappa shape index (κ1) is 21.6. The van der Waals surface area contributed by atoms with Crippen LogP contribution in [0.5, 0.6) is 0 Å². The lowest BCUT2D eigenvalue weighted by molar-refractivity contribution is -0.136. The SMILES string of the molecule is Cc1cccc(C)c1NC(=O)CN(C)C(=O)COC(=O)c1ccc2c(c1)CCCC2. The summed E-state index contributed by atoms with van der Waals surface area (Å²) in [5, 5.41) is 2.84. The average Bonchev–Trinajstić information content (AvgIpc) is 2.74. The highest BCUT2D eigenvalue weighted by Crippen LogP contribution is 2.22. The van der Waals surface area contributed by atoms with Gasteiger partial charge in [0.2, 0.25) is 5.91 Å². The second-order valence-electron chi connectivity index (χ2n) is 7.83. The molecule has 30 heavy (non-hydrogen) atoms. The summed E-state index contributed by atoms with van der Waals surface area (Å²) in [6.07, 6.45) is 4.30. The van der Waals surface area contributed by atoms with Crippen molar-refractivity contribution < 1.29 is 19.1 Å². The molecule has 0 unspecified atom stereocenters. The second-order valence-corrected chi connectivity index (χ2v) is 7.83. The van der Waals surface area contributed by atoms with Crippen LogP contribution in [0.3, 0.4) is 0 Å². The largest absolute Gasteiger partial charge is 0.452 e. The summed E-state index contributed by atoms with van der Waals surface area (Å²) >= 11 is 0. The van der Waals surface area contributed by atoms with Gasteiger partial charge in [0.1, 0.15) is 0 Å². The van der Waals surface area contributed by atoms with Crippen molar-refractivity contribution in [2.24, 2.45) is 0 Å². The number of aryl methyl sites for hydroxylation is 4. The first-order valence-corrected chi connectivity index (χ1v) is 10.2. The number of para-hydroxylation sites is 1. The number of hydrogen-bond donors (Lipinski definition) is 1. The van der Waals surface area contributed by atoms with Gasteiger partial charge in [-0.2, -0.15) is 0 Å². The number of amides is 2. The molecule has 158 valence electrons. The van der Waals surface area contributed by atoms with Gasteiger partial charge in [-0.15, -0.1) is 0 Å². The molecule has 0 saturated carbocycles. The van der Waals surface area contributed by atoms with Crippen LogP contribution in [-0.2, 0) is 27.2 Å². The van der Waals surface area contributed by atoms with Gasteiger partial charge in [0.05, 0.1) is 12.1 Å². The molecule has 1 N–H and O–H groups in total. The summed E-state index contributed by atoms with van der Waals surface area (Å²) in [7, 11) is 1.51. The van der Waals surface area contributed by atoms with E-state index in [-0.39, 0.29) is 12.5 Å². The van der Waals surface area contributed by atoms with E-state index in [4.69, 9.17) is 4.74 Å². The number of rotatable bonds is 6. The number of benzene rings is 2. The summed E-state index contributed by atoms with van der Waals surface area (Å²) in [6.45, 7) is 3.31. The summed E-state index contributed by atoms with van der Waals surface area (Å²) < 4.78 is 5.18. The van der Waals surface area contributed by atoms with Crippen molar-refractivity contribution in [3.8, 4) is 0 Å². The minimum atomic E-state index is -0.523. The summed E-state index contributed by atoms with van der Waals surface area (Å²) in [6, 6.07) is 11.3. The van der Waals surface area contributed by atoms with Crippen molar-refractivity contribution in [3.05, 3.63) is 64.2 Å². The Hall–Kier alpha value is -3.15. The second kappa shape index (κ2) is 9.57. The quantitative estimate of drug-likeness (QED) is 0.743. The van der Waals surface area contributed by atoms with Crippen LogP contribution < -0.4 is 5.32 Å². The first-order valence-electron chi connectivity index (χ1n) is 10.2. The highest BCUT2D eigenvalue weighted by molar-refractivity contribution is 5.96. The van der Waals surface area contributed by atoms with Crippen molar-refractivity contribution in [1.29, 1.82) is 0 Å². The van der Waals surface area contributed by atoms with Crippen LogP contribution in [0.25, 0.3) is 0 Å². The van der Waals surface area contributed by atoms with Gasteiger partial charge < -0.3 is 15.0 Å². The van der Waals surface area contributed by atoms with E-state index in [0.29, 0.717) is 5.56 Å². The van der Waals surface area contributed by atoms with Gasteiger partial charge in [-0.25, -0.2) is 4.79 Å². The molecule has 0 bridgehead atoms. The maximum absolute atomic E-state index is 12.3. The molecule has 0 spiro atoms. The highest BCUT2D eigenvalue weighted by Gasteiger charge is 2.18. The third kappa shape index (κ3) is 5.26. The topological polar surface area (TPSA) is 75.7 Å². The lowest BCUT2D eigenvalue weighted by Crippen LogP contribution is -2.37. The lowest BCUT2D eigenvalue weighted by Gasteiger charge is -2.18. The number of hydrogen-bond acceptors (Lipinski definition) is 4. The lowest BCUT2D eigenvalue weighted by atomic mass is 9.90. The van der Waals surface area contributed by atoms with Crippen LogP contribution in [0.1, 0.15) is 45.5 Å². The fourth-order valence-electron chi connectivity index (χ4n) is 3.68. The zero-order valence-electron chi connectivity index (χ0n) is 17.8. The molecule has 0 aromatic heterocycles. The number of fused-ring (bicyclic) bond motifs is 1. The maximum Gasteiger partial charge on any atom is 0.338 e. The molecule has 2 aromatic carbocycles. The standard InChI is InChI=1S/C24H28N2O4/c1-16-7-6-8-17(2)23(16)25-21(27)14-26(3)22(28)15-30-24(29)20-12-11-18-9-4-5-10-19(18)13-20/h6-8,11-13H,4-5,9-10,14-15H2,1-3H3,(H,25,27). The third-order valence-electron chi connectivity index (χ3n) is 5.46. The molecule has 0 aliphatic heterocycles. The van der Waals surface area contributed by atoms with Crippen LogP contribution in [0.2, 0.25) is 0 Å². The van der Waals surface area contributed by atoms with Crippen molar-refractivity contribution in [1.82, 2.24) is 4.90 Å². The van der Waals surface area contributed by atoms with E-state index in [1.807, 2.05) is 44.2 Å². The number of anilines is 1. The van der Waals surface area contributed by atoms with E-state index < -0.39 is 18.5 Å². The summed E-state index contributed by atoms with van der Waals surface area (Å²) in [4.78, 5) is 38.2. The molecular formula is C24H28N2O4. The molecule has 2 amide bonds. The Balaban J connectivity index is 1.50. The zero-order chi connectivity index (χ0) is 21.7. The molecule has 0 fully saturated rings. The Kier molecular flexibility index (Phi) is 6.87. The molecular weight excluding hydrogens is 380 g/mol. The van der Waals surface area contributed by atoms with Crippen LogP contribution in [0, 0.1) is 13.8 Å². The van der Waals surface area contributed by atoms with Gasteiger partial charge in [0.25, 0.3) is 5.91 Å². The van der Waals surface area contributed by atoms with Gasteiger partial charge in [-0.3, -0.25) is 9.59 Å². The molecule has 0 saturated heterocycles. The maximum atomic E-state index is 12.3. The first-order chi connectivity index (χ1) is 14.3. The molecule has 3 rings (SSSR count). The van der Waals surface area contributed by atoms with Gasteiger partial charge in [-0.1, -0.05) is 24.3 Å². The van der Waals surface area contributed by atoms with E-state index in [1.54, 1.807) is 6.07 Å². The number of nitrogens with zero attached hydrogens (tertiary/aromatic N) is 1. The average molecular weight is 408 g/mol. The number of likely N-dealkylation sites (N-methyl/N-ethyl adjacent to an activating group) is 1. The number of ether oxygens (including phenoxy) is 1. The van der Waals surface area contributed by atoms with Crippen LogP contribution >= 0.6 is 0 Å². The molecule has 0 atom stereocenters. The van der Waals surface area contributed by atoms with E-state index in [9.17, 15) is 14.4 Å². The molecule has 1 aliphatic rings. The van der Waals surface area contributed by atoms with Gasteiger partial charge >= 0.3 is 5.97 Å². The molecule has 1 aliphatic carbocycles. The van der Waals surface area contributed by atoms with E-state index in [2.05, 4.69) is 5.32 Å². The predicted octanol–water partition coefficient (Wildman–Crippen LogP) is 3.44. The number of esters is 1. The van der Waals surface area contributed by atoms with E-state index >= 15 is 0 Å². The summed E-state index contributed by atoms with van der Waals surface area (Å²) in [5.41, 5.74) is 5.58. The van der Waals surface area contributed by atoms with Gasteiger partial charge in [0.15, 0.2) is 6.61 Å². The normalized spacial score (nSPS) is 12.6. The van der Waals surface area contributed by atoms with Crippen LogP contribution in [-0.4, -0.2) is 42.9 Å². The smallest absolute Gasteiger partial charge is 0.338 e. The summed E-state index contributed by atoms with van der Waals surface area (Å²) in [5.74, 6) is -1.26. The predicted molar refractivity (Wildman–Crippen MR) is 116 cm³/mol. The van der Waals surface area contributed by atoms with Crippen molar-refractivity contribution in [2.75, 3.05) is 25.5 Å². The molecule has 0 radical (unpaired) electrons. The van der Waals surface area contributed by atoms with E-state index in [1.165, 1.54) is 29.5 Å². The monoisotopic (exact) mass is 408 g/mol. The van der Waals surface area contributed by atoms with Crippen molar-refractivity contribution >= 4 is 23.5 Å². The Bertz CT molecular complexity index is 947. The Morgan fingerprint density at radius 1 is 1.00 bits per heavy atom. The fraction of sp³-hybridized carbons (Fsp3) is 0.375. The molecule has 2 aromatic rings. The van der Waals surface area contributed by atoms with Crippen molar-refractivity contribution in [2.45, 2.75) is 39.5 Å².